The van der Waals surface area contributed by atoms with Gasteiger partial charge in [-0.3, -0.25) is 0 Å². The van der Waals surface area contributed by atoms with E-state index in [0.29, 0.717) is 0 Å². The van der Waals surface area contributed by atoms with Gasteiger partial charge in [0, 0.05) is 89.7 Å². The summed E-state index contributed by atoms with van der Waals surface area (Å²) in [7, 11) is 0. The van der Waals surface area contributed by atoms with Crippen LogP contribution in [0.25, 0.3) is 111 Å². The van der Waals surface area contributed by atoms with Crippen molar-refractivity contribution in [2.45, 2.75) is 132 Å². The summed E-state index contributed by atoms with van der Waals surface area (Å²) < 4.78 is 6.44. The second-order valence-electron chi connectivity index (χ2n) is 46.2. The summed E-state index contributed by atoms with van der Waals surface area (Å²) in [6.07, 6.45) is 21.2. The van der Waals surface area contributed by atoms with E-state index in [4.69, 9.17) is 4.42 Å². The molecule has 16 aliphatic carbocycles. The molecule has 0 radical (unpaired) electrons. The molecule has 145 heavy (non-hydrogen) atoms. The summed E-state index contributed by atoms with van der Waals surface area (Å²) in [6, 6.07) is 161. The third kappa shape index (κ3) is 13.2. The summed E-state index contributed by atoms with van der Waals surface area (Å²) in [5.41, 5.74) is 47.0. The standard InChI is InChI=1S/C49H43N.C46H37NO.C46H39N/c1-48(2)44-14-8-6-12-40(44)42-22-20-38(29-46(42)48)50(37-18-16-34(17-19-37)33-10-4-3-5-11-33)39-21-23-43-41-13-7-9-15-45(41)49(47(43)30-39)35-25-31-24-32(27-35)28-36(49)26-31;1-2-8-31(9-3-1)32-14-16-35(17-15-32)47(37-19-21-41-40-11-5-7-13-44(40)48-45(41)28-37)36-18-20-39-38-10-4-6-12-42(38)46(43(39)27-36)33-23-29-22-30(25-33)26-34(46)24-29;1-3-9-33(10-4-1)35-15-19-39(20-16-35)47(40-21-17-36(18-22-40)34-11-5-2-6-12-34)41-23-24-43-42-13-7-8-14-44(42)46(45(43)30-41)37-26-31-25-32(28-37)29-38(46)27-31/h3-23,29-32,35-36H,24-28H2,1-2H3;1-21,27-30,33-34H,22-26H2;1-24,30-32,37-38H,25-29H2. The SMILES string of the molecule is CC1(C)c2ccccc2-c2ccc(N(c3ccc(-c4ccccc4)cc3)c3ccc4c(c3)C3(c5ccccc5-4)C4CC5CC(C4)CC3C5)cc21.c1ccc(-c2ccc(N(c3ccc(-c4ccccc4)cc3)c3ccc4c(c3)C3(c5ccccc5-4)C4CC5CC(C4)CC3C5)cc2)cc1.c1ccc(-c2ccc(N(c3ccc4c(c3)C3(c5ccccc5-4)C4CC5CC(C4)CC3C5)c3ccc4c(c3)oc3ccccc34)cc2)cc1. The summed E-state index contributed by atoms with van der Waals surface area (Å²) in [4.78, 5) is 7.48. The van der Waals surface area contributed by atoms with E-state index in [1.54, 1.807) is 33.4 Å². The number of hydrogen-bond acceptors (Lipinski definition) is 4. The molecule has 0 aliphatic heterocycles. The molecular weight excluding hydrogens is 1750 g/mol. The fraction of sp³-hybridized carbons (Fsp3) is 0.234. The van der Waals surface area contributed by atoms with Crippen molar-refractivity contribution >= 4 is 73.1 Å². The Morgan fingerprint density at radius 3 is 0.717 bits per heavy atom. The minimum absolute atomic E-state index is 0.0607. The fourth-order valence-corrected chi connectivity index (χ4v) is 33.6. The highest BCUT2D eigenvalue weighted by atomic mass is 16.3. The van der Waals surface area contributed by atoms with Crippen LogP contribution in [0.3, 0.4) is 0 Å². The number of rotatable bonds is 13. The Bertz CT molecular complexity index is 8130. The molecule has 16 aliphatic rings. The zero-order valence-corrected chi connectivity index (χ0v) is 82.8. The van der Waals surface area contributed by atoms with E-state index in [9.17, 15) is 0 Å². The van der Waals surface area contributed by atoms with Gasteiger partial charge in [0.15, 0.2) is 0 Å². The Labute approximate surface area is 853 Å². The van der Waals surface area contributed by atoms with Crippen LogP contribution in [-0.2, 0) is 21.7 Å². The molecule has 0 amide bonds. The molecule has 0 atom stereocenters. The van der Waals surface area contributed by atoms with Crippen molar-refractivity contribution in [2.24, 2.45) is 71.0 Å². The molecular formula is C141H119N3O. The van der Waals surface area contributed by atoms with Crippen LogP contribution >= 0.6 is 0 Å². The maximum Gasteiger partial charge on any atom is 0.137 e. The number of benzene rings is 18. The number of anilines is 9. The van der Waals surface area contributed by atoms with Gasteiger partial charge in [-0.2, -0.15) is 0 Å². The van der Waals surface area contributed by atoms with Gasteiger partial charge in [-0.05, 0) is 416 Å². The Balaban J connectivity index is 0.000000101. The maximum absolute atomic E-state index is 6.44. The number of furan rings is 1. The Morgan fingerprint density at radius 2 is 0.393 bits per heavy atom. The summed E-state index contributed by atoms with van der Waals surface area (Å²) >= 11 is 0. The van der Waals surface area contributed by atoms with Crippen LogP contribution in [-0.4, -0.2) is 0 Å². The lowest BCUT2D eigenvalue weighted by molar-refractivity contribution is -0.0399. The van der Waals surface area contributed by atoms with Crippen LogP contribution in [0, 0.1) is 71.0 Å². The van der Waals surface area contributed by atoms with Crippen molar-refractivity contribution in [3.05, 3.63) is 475 Å². The number of fused-ring (bicyclic) bond motifs is 15. The lowest BCUT2D eigenvalue weighted by Crippen LogP contribution is -2.55. The Hall–Kier alpha value is -14.8. The molecule has 12 saturated carbocycles. The fourth-order valence-electron chi connectivity index (χ4n) is 33.6. The molecule has 0 saturated heterocycles. The Kier molecular flexibility index (Phi) is 19.7. The highest BCUT2D eigenvalue weighted by molar-refractivity contribution is 6.06. The molecule has 0 N–H and O–H groups in total. The largest absolute Gasteiger partial charge is 0.456 e. The zero-order chi connectivity index (χ0) is 95.5. The highest BCUT2D eigenvalue weighted by Gasteiger charge is 2.65. The molecule has 4 nitrogen and oxygen atoms in total. The highest BCUT2D eigenvalue weighted by Crippen LogP contribution is 2.74. The van der Waals surface area contributed by atoms with Gasteiger partial charge in [0.2, 0.25) is 0 Å². The minimum Gasteiger partial charge on any atom is -0.456 e. The molecule has 1 heterocycles. The van der Waals surface area contributed by atoms with Crippen LogP contribution in [0.1, 0.15) is 155 Å². The molecule has 19 aromatic rings. The van der Waals surface area contributed by atoms with E-state index >= 15 is 0 Å². The predicted octanol–water partition coefficient (Wildman–Crippen LogP) is 37.5. The van der Waals surface area contributed by atoms with Crippen molar-refractivity contribution < 1.29 is 4.42 Å². The first kappa shape index (κ1) is 85.7. The van der Waals surface area contributed by atoms with Crippen LogP contribution in [0.15, 0.2) is 435 Å². The normalized spacial score (nSPS) is 25.0. The van der Waals surface area contributed by atoms with E-state index in [-0.39, 0.29) is 21.7 Å². The lowest BCUT2D eigenvalue weighted by Gasteiger charge is -2.61. The van der Waals surface area contributed by atoms with Gasteiger partial charge in [0.25, 0.3) is 0 Å². The van der Waals surface area contributed by atoms with E-state index in [0.717, 1.165) is 104 Å². The first-order valence-corrected chi connectivity index (χ1v) is 54.4. The van der Waals surface area contributed by atoms with Crippen molar-refractivity contribution in [2.75, 3.05) is 14.7 Å². The van der Waals surface area contributed by atoms with Crippen LogP contribution in [0.4, 0.5) is 51.2 Å². The first-order valence-electron chi connectivity index (χ1n) is 54.4. The molecule has 12 fully saturated rings. The van der Waals surface area contributed by atoms with Crippen molar-refractivity contribution in [3.8, 4) is 89.0 Å². The monoisotopic (exact) mass is 1870 g/mol. The van der Waals surface area contributed by atoms with Gasteiger partial charge in [-0.25, -0.2) is 0 Å². The molecule has 4 heteroatoms. The molecule has 18 aromatic carbocycles. The summed E-state index contributed by atoms with van der Waals surface area (Å²) in [5, 5.41) is 2.32. The minimum atomic E-state index is -0.0607. The Morgan fingerprint density at radius 1 is 0.172 bits per heavy atom. The molecule has 704 valence electrons. The molecule has 0 unspecified atom stereocenters. The topological polar surface area (TPSA) is 22.9 Å². The number of para-hydroxylation sites is 1. The van der Waals surface area contributed by atoms with Gasteiger partial charge >= 0.3 is 0 Å². The van der Waals surface area contributed by atoms with E-state index in [1.165, 1.54) is 236 Å². The third-order valence-electron chi connectivity index (χ3n) is 38.8. The second kappa shape index (κ2) is 33.4. The van der Waals surface area contributed by atoms with E-state index in [2.05, 4.69) is 459 Å². The maximum atomic E-state index is 6.44. The molecule has 35 rings (SSSR count). The first-order chi connectivity index (χ1) is 71.5. The summed E-state index contributed by atoms with van der Waals surface area (Å²) in [6.45, 7) is 4.78. The van der Waals surface area contributed by atoms with Gasteiger partial charge in [0.05, 0.1) is 0 Å². The smallest absolute Gasteiger partial charge is 0.137 e. The third-order valence-corrected chi connectivity index (χ3v) is 38.8. The predicted molar refractivity (Wildman–Crippen MR) is 600 cm³/mol. The lowest BCUT2D eigenvalue weighted by atomic mass is 9.43. The van der Waals surface area contributed by atoms with E-state index in [1.807, 2.05) is 0 Å². The second-order valence-corrected chi connectivity index (χ2v) is 46.2. The van der Waals surface area contributed by atoms with Gasteiger partial charge in [0.1, 0.15) is 11.2 Å². The zero-order valence-electron chi connectivity index (χ0n) is 82.8. The molecule has 3 spiro atoms. The van der Waals surface area contributed by atoms with Crippen molar-refractivity contribution in [1.29, 1.82) is 0 Å². The van der Waals surface area contributed by atoms with Gasteiger partial charge in [-0.15, -0.1) is 0 Å². The number of nitrogens with zero attached hydrogens (tertiary/aromatic N) is 3. The van der Waals surface area contributed by atoms with Gasteiger partial charge < -0.3 is 19.1 Å². The summed E-state index contributed by atoms with van der Waals surface area (Å²) in [5.74, 6) is 10.0. The van der Waals surface area contributed by atoms with E-state index < -0.39 is 0 Å². The number of hydrogen-bond donors (Lipinski definition) is 0. The van der Waals surface area contributed by atoms with Crippen molar-refractivity contribution in [1.82, 2.24) is 0 Å². The van der Waals surface area contributed by atoms with Crippen LogP contribution in [0.2, 0.25) is 0 Å². The average Bonchev–Trinajstić information content (AvgIpc) is 1.54. The molecule has 12 bridgehead atoms. The van der Waals surface area contributed by atoms with Crippen LogP contribution in [0.5, 0.6) is 0 Å². The van der Waals surface area contributed by atoms with Gasteiger partial charge in [-0.1, -0.05) is 323 Å². The quantitative estimate of drug-likeness (QED) is 0.115. The van der Waals surface area contributed by atoms with Crippen LogP contribution < -0.4 is 14.7 Å². The molecule has 1 aromatic heterocycles. The average molecular weight is 1870 g/mol. The van der Waals surface area contributed by atoms with Crippen molar-refractivity contribution in [3.63, 3.8) is 0 Å².